The van der Waals surface area contributed by atoms with Crippen LogP contribution >= 0.6 is 24.0 Å². The third-order valence-corrected chi connectivity index (χ3v) is 4.35. The second kappa shape index (κ2) is 6.25. The summed E-state index contributed by atoms with van der Waals surface area (Å²) in [5, 5.41) is 1.05. The van der Waals surface area contributed by atoms with E-state index in [1.165, 1.54) is 4.88 Å². The first-order valence-corrected chi connectivity index (χ1v) is 7.50. The molecular formula is C14H17NOS2. The minimum atomic E-state index is 0.751. The number of benzene rings is 1. The number of thiol groups is 1. The van der Waals surface area contributed by atoms with E-state index >= 15 is 0 Å². The van der Waals surface area contributed by atoms with Gasteiger partial charge < -0.3 is 4.74 Å². The van der Waals surface area contributed by atoms with E-state index in [-0.39, 0.29) is 0 Å². The van der Waals surface area contributed by atoms with Gasteiger partial charge in [0.25, 0.3) is 0 Å². The van der Waals surface area contributed by atoms with Gasteiger partial charge in [0.05, 0.1) is 12.3 Å². The standard InChI is InChI=1S/C14H17NOS2/c1-3-8-16-12-6-4-11(5-7-12)14-15-10(2)13(9-17)18-14/h4-7,17H,3,8-9H2,1-2H3. The van der Waals surface area contributed by atoms with E-state index in [1.807, 2.05) is 19.1 Å². The van der Waals surface area contributed by atoms with E-state index in [2.05, 4.69) is 36.7 Å². The minimum absolute atomic E-state index is 0.751. The molecule has 1 heterocycles. The Morgan fingerprint density at radius 1 is 1.28 bits per heavy atom. The molecule has 0 amide bonds. The zero-order valence-electron chi connectivity index (χ0n) is 10.6. The molecule has 2 aromatic rings. The van der Waals surface area contributed by atoms with Crippen molar-refractivity contribution in [3.63, 3.8) is 0 Å². The molecule has 2 nitrogen and oxygen atoms in total. The molecule has 0 fully saturated rings. The average Bonchev–Trinajstić information content (AvgIpc) is 2.78. The van der Waals surface area contributed by atoms with Crippen LogP contribution in [0.15, 0.2) is 24.3 Å². The van der Waals surface area contributed by atoms with Crippen molar-refractivity contribution in [2.45, 2.75) is 26.0 Å². The smallest absolute Gasteiger partial charge is 0.123 e. The number of aromatic nitrogens is 1. The van der Waals surface area contributed by atoms with Crippen LogP contribution < -0.4 is 4.74 Å². The normalized spacial score (nSPS) is 10.6. The second-order valence-electron chi connectivity index (χ2n) is 4.06. The molecule has 0 aliphatic carbocycles. The first kappa shape index (κ1) is 13.4. The number of ether oxygens (including phenoxy) is 1. The first-order chi connectivity index (χ1) is 8.74. The minimum Gasteiger partial charge on any atom is -0.494 e. The highest BCUT2D eigenvalue weighted by molar-refractivity contribution is 7.79. The zero-order chi connectivity index (χ0) is 13.0. The Labute approximate surface area is 117 Å². The highest BCUT2D eigenvalue weighted by Crippen LogP contribution is 2.29. The SMILES string of the molecule is CCCOc1ccc(-c2nc(C)c(CS)s2)cc1. The predicted octanol–water partition coefficient (Wildman–Crippen LogP) is 4.34. The maximum absolute atomic E-state index is 5.57. The summed E-state index contributed by atoms with van der Waals surface area (Å²) in [5.74, 6) is 1.67. The van der Waals surface area contributed by atoms with Crippen molar-refractivity contribution in [1.82, 2.24) is 4.98 Å². The molecule has 0 unspecified atom stereocenters. The summed E-state index contributed by atoms with van der Waals surface area (Å²) >= 11 is 6.02. The maximum Gasteiger partial charge on any atom is 0.123 e. The van der Waals surface area contributed by atoms with Crippen molar-refractivity contribution >= 4 is 24.0 Å². The van der Waals surface area contributed by atoms with Crippen LogP contribution in [0.4, 0.5) is 0 Å². The molecular weight excluding hydrogens is 262 g/mol. The zero-order valence-corrected chi connectivity index (χ0v) is 12.4. The van der Waals surface area contributed by atoms with E-state index in [1.54, 1.807) is 11.3 Å². The van der Waals surface area contributed by atoms with Crippen LogP contribution in [-0.4, -0.2) is 11.6 Å². The molecule has 2 rings (SSSR count). The van der Waals surface area contributed by atoms with E-state index < -0.39 is 0 Å². The van der Waals surface area contributed by atoms with Gasteiger partial charge in [-0.25, -0.2) is 4.98 Å². The lowest BCUT2D eigenvalue weighted by Crippen LogP contribution is -1.94. The molecule has 0 saturated heterocycles. The lowest BCUT2D eigenvalue weighted by molar-refractivity contribution is 0.317. The van der Waals surface area contributed by atoms with Gasteiger partial charge in [-0.2, -0.15) is 12.6 Å². The summed E-state index contributed by atoms with van der Waals surface area (Å²) in [6.45, 7) is 4.90. The van der Waals surface area contributed by atoms with E-state index in [0.717, 1.165) is 40.8 Å². The fourth-order valence-corrected chi connectivity index (χ4v) is 2.96. The van der Waals surface area contributed by atoms with Crippen LogP contribution in [0.3, 0.4) is 0 Å². The van der Waals surface area contributed by atoms with Crippen LogP contribution in [0.1, 0.15) is 23.9 Å². The van der Waals surface area contributed by atoms with Gasteiger partial charge in [-0.1, -0.05) is 6.92 Å². The summed E-state index contributed by atoms with van der Waals surface area (Å²) in [4.78, 5) is 5.81. The largest absolute Gasteiger partial charge is 0.494 e. The van der Waals surface area contributed by atoms with Crippen molar-refractivity contribution in [1.29, 1.82) is 0 Å². The van der Waals surface area contributed by atoms with Crippen molar-refractivity contribution in [2.75, 3.05) is 6.61 Å². The summed E-state index contributed by atoms with van der Waals surface area (Å²) in [6, 6.07) is 8.13. The summed E-state index contributed by atoms with van der Waals surface area (Å²) in [6.07, 6.45) is 1.03. The molecule has 0 aliphatic heterocycles. The fraction of sp³-hybridized carbons (Fsp3) is 0.357. The molecule has 0 bridgehead atoms. The molecule has 96 valence electrons. The number of nitrogens with zero attached hydrogens (tertiary/aromatic N) is 1. The van der Waals surface area contributed by atoms with E-state index in [9.17, 15) is 0 Å². The van der Waals surface area contributed by atoms with Gasteiger partial charge in [0.1, 0.15) is 10.8 Å². The molecule has 18 heavy (non-hydrogen) atoms. The Kier molecular flexibility index (Phi) is 4.66. The molecule has 0 N–H and O–H groups in total. The monoisotopic (exact) mass is 279 g/mol. The lowest BCUT2D eigenvalue weighted by atomic mass is 10.2. The van der Waals surface area contributed by atoms with Crippen molar-refractivity contribution in [2.24, 2.45) is 0 Å². The summed E-state index contributed by atoms with van der Waals surface area (Å²) in [5.41, 5.74) is 2.22. The van der Waals surface area contributed by atoms with Crippen LogP contribution in [-0.2, 0) is 5.75 Å². The molecule has 0 radical (unpaired) electrons. The number of hydrogen-bond acceptors (Lipinski definition) is 4. The maximum atomic E-state index is 5.57. The van der Waals surface area contributed by atoms with Crippen molar-refractivity contribution < 1.29 is 4.74 Å². The molecule has 4 heteroatoms. The Bertz CT molecular complexity index is 505. The fourth-order valence-electron chi connectivity index (χ4n) is 1.61. The Hall–Kier alpha value is -1.00. The number of hydrogen-bond donors (Lipinski definition) is 1. The van der Waals surface area contributed by atoms with Crippen LogP contribution in [0.5, 0.6) is 5.75 Å². The average molecular weight is 279 g/mol. The quantitative estimate of drug-likeness (QED) is 0.823. The van der Waals surface area contributed by atoms with Gasteiger partial charge in [0.2, 0.25) is 0 Å². The van der Waals surface area contributed by atoms with E-state index in [4.69, 9.17) is 4.74 Å². The lowest BCUT2D eigenvalue weighted by Gasteiger charge is -2.04. The number of thiazole rings is 1. The van der Waals surface area contributed by atoms with Crippen molar-refractivity contribution in [3.8, 4) is 16.3 Å². The van der Waals surface area contributed by atoms with Gasteiger partial charge in [0, 0.05) is 16.2 Å². The molecule has 0 aliphatic rings. The number of rotatable bonds is 5. The summed E-state index contributed by atoms with van der Waals surface area (Å²) < 4.78 is 5.57. The van der Waals surface area contributed by atoms with Crippen LogP contribution in [0, 0.1) is 6.92 Å². The highest BCUT2D eigenvalue weighted by Gasteiger charge is 2.08. The molecule has 1 aromatic heterocycles. The predicted molar refractivity (Wildman–Crippen MR) is 80.8 cm³/mol. The van der Waals surface area contributed by atoms with Gasteiger partial charge in [-0.05, 0) is 37.6 Å². The highest BCUT2D eigenvalue weighted by atomic mass is 32.1. The molecule has 0 saturated carbocycles. The third kappa shape index (κ3) is 3.06. The third-order valence-electron chi connectivity index (χ3n) is 2.61. The van der Waals surface area contributed by atoms with Crippen molar-refractivity contribution in [3.05, 3.63) is 34.8 Å². The topological polar surface area (TPSA) is 22.1 Å². The number of aryl methyl sites for hydroxylation is 1. The van der Waals surface area contributed by atoms with Gasteiger partial charge in [-0.15, -0.1) is 11.3 Å². The molecule has 0 atom stereocenters. The Morgan fingerprint density at radius 2 is 2.00 bits per heavy atom. The first-order valence-electron chi connectivity index (χ1n) is 6.05. The second-order valence-corrected chi connectivity index (χ2v) is 5.46. The summed E-state index contributed by atoms with van der Waals surface area (Å²) in [7, 11) is 0. The Morgan fingerprint density at radius 3 is 2.56 bits per heavy atom. The van der Waals surface area contributed by atoms with Gasteiger partial charge in [0.15, 0.2) is 0 Å². The van der Waals surface area contributed by atoms with Gasteiger partial charge in [-0.3, -0.25) is 0 Å². The van der Waals surface area contributed by atoms with Crippen LogP contribution in [0.2, 0.25) is 0 Å². The van der Waals surface area contributed by atoms with E-state index in [0.29, 0.717) is 0 Å². The molecule has 0 spiro atoms. The van der Waals surface area contributed by atoms with Gasteiger partial charge >= 0.3 is 0 Å². The molecule has 1 aromatic carbocycles. The van der Waals surface area contributed by atoms with Crippen LogP contribution in [0.25, 0.3) is 10.6 Å². The Balaban J connectivity index is 2.17.